The zero-order chi connectivity index (χ0) is 26.8. The number of aromatic nitrogens is 5. The lowest BCUT2D eigenvalue weighted by molar-refractivity contribution is 0.461. The quantitative estimate of drug-likeness (QED) is 0.239. The molecule has 5 aromatic rings. The number of anilines is 3. The van der Waals surface area contributed by atoms with Gasteiger partial charge in [-0.25, -0.2) is 14.5 Å². The lowest BCUT2D eigenvalue weighted by atomic mass is 10.0. The first-order valence-corrected chi connectivity index (χ1v) is 13.1. The minimum Gasteiger partial charge on any atom is -0.381 e. The van der Waals surface area contributed by atoms with E-state index in [1.807, 2.05) is 36.4 Å². The molecule has 0 saturated heterocycles. The average molecular weight is 531 g/mol. The molecule has 0 bridgehead atoms. The van der Waals surface area contributed by atoms with Gasteiger partial charge in [0.05, 0.1) is 10.7 Å². The molecule has 10 heteroatoms. The van der Waals surface area contributed by atoms with E-state index in [1.165, 1.54) is 10.8 Å². The Kier molecular flexibility index (Phi) is 7.31. The number of hydrogen-bond donors (Lipinski definition) is 3. The van der Waals surface area contributed by atoms with E-state index in [9.17, 15) is 4.79 Å². The van der Waals surface area contributed by atoms with Crippen LogP contribution in [0.4, 0.5) is 17.3 Å². The molecule has 3 N–H and O–H groups in total. The van der Waals surface area contributed by atoms with Gasteiger partial charge in [-0.15, -0.1) is 0 Å². The standard InChI is InChI=1S/C28H31ClN8O/c1-17(2)23(16-31-18(3)4)33-19-9-11-20(12-10-19)34-27-32-15-21-25(35-27)36-14-13-30-28(36)37(26(21)38)24-8-6-5-7-22(24)29/h5-15,17-18,23,31,33H,16H2,1-4H3,(H,32,34,35). The van der Waals surface area contributed by atoms with Crippen LogP contribution in [-0.4, -0.2) is 42.5 Å². The van der Waals surface area contributed by atoms with Gasteiger partial charge in [-0.3, -0.25) is 9.20 Å². The Bertz CT molecular complexity index is 1620. The van der Waals surface area contributed by atoms with E-state index in [1.54, 1.807) is 28.9 Å². The first kappa shape index (κ1) is 25.7. The second kappa shape index (κ2) is 10.8. The molecule has 1 atom stereocenters. The van der Waals surface area contributed by atoms with E-state index in [0.29, 0.717) is 51.5 Å². The SMILES string of the molecule is CC(C)NCC(Nc1ccc(Nc2ncc3c(=O)n(-c4ccccc4Cl)c4nccn4c3n2)cc1)C(C)C. The first-order chi connectivity index (χ1) is 18.3. The monoisotopic (exact) mass is 530 g/mol. The van der Waals surface area contributed by atoms with E-state index in [4.69, 9.17) is 11.6 Å². The second-order valence-electron chi connectivity index (χ2n) is 9.88. The van der Waals surface area contributed by atoms with Gasteiger partial charge in [0.25, 0.3) is 5.56 Å². The van der Waals surface area contributed by atoms with E-state index < -0.39 is 0 Å². The average Bonchev–Trinajstić information content (AvgIpc) is 3.38. The molecule has 0 radical (unpaired) electrons. The maximum atomic E-state index is 13.5. The summed E-state index contributed by atoms with van der Waals surface area (Å²) in [4.78, 5) is 26.9. The van der Waals surface area contributed by atoms with Gasteiger partial charge in [-0.1, -0.05) is 51.4 Å². The van der Waals surface area contributed by atoms with E-state index >= 15 is 0 Å². The number of hydrogen-bond acceptors (Lipinski definition) is 7. The number of benzene rings is 2. The van der Waals surface area contributed by atoms with E-state index in [2.05, 4.69) is 58.6 Å². The van der Waals surface area contributed by atoms with Gasteiger partial charge in [0.1, 0.15) is 5.39 Å². The summed E-state index contributed by atoms with van der Waals surface area (Å²) in [5.41, 5.74) is 2.59. The Hall–Kier alpha value is -3.95. The van der Waals surface area contributed by atoms with Crippen LogP contribution in [0.5, 0.6) is 0 Å². The van der Waals surface area contributed by atoms with Gasteiger partial charge in [0.2, 0.25) is 11.7 Å². The number of halogens is 1. The lowest BCUT2D eigenvalue weighted by Gasteiger charge is -2.25. The third-order valence-corrected chi connectivity index (χ3v) is 6.71. The van der Waals surface area contributed by atoms with Gasteiger partial charge >= 0.3 is 0 Å². The second-order valence-corrected chi connectivity index (χ2v) is 10.3. The van der Waals surface area contributed by atoms with Crippen LogP contribution in [0.2, 0.25) is 5.02 Å². The molecule has 196 valence electrons. The maximum absolute atomic E-state index is 13.5. The molecule has 2 aromatic carbocycles. The molecule has 0 aliphatic heterocycles. The zero-order valence-corrected chi connectivity index (χ0v) is 22.6. The molecular weight excluding hydrogens is 500 g/mol. The van der Waals surface area contributed by atoms with Crippen molar-refractivity contribution >= 4 is 45.7 Å². The fourth-order valence-electron chi connectivity index (χ4n) is 4.26. The van der Waals surface area contributed by atoms with Crippen molar-refractivity contribution in [2.24, 2.45) is 5.92 Å². The van der Waals surface area contributed by atoms with Gasteiger partial charge in [0.15, 0.2) is 5.65 Å². The summed E-state index contributed by atoms with van der Waals surface area (Å²) < 4.78 is 3.24. The van der Waals surface area contributed by atoms with Crippen LogP contribution in [-0.2, 0) is 0 Å². The summed E-state index contributed by atoms with van der Waals surface area (Å²) in [6, 6.07) is 15.9. The molecule has 38 heavy (non-hydrogen) atoms. The van der Waals surface area contributed by atoms with Crippen LogP contribution in [0.25, 0.3) is 22.5 Å². The predicted octanol–water partition coefficient (Wildman–Crippen LogP) is 5.26. The highest BCUT2D eigenvalue weighted by Crippen LogP contribution is 2.23. The maximum Gasteiger partial charge on any atom is 0.270 e. The van der Waals surface area contributed by atoms with Crippen LogP contribution < -0.4 is 21.5 Å². The van der Waals surface area contributed by atoms with Crippen molar-refractivity contribution in [2.45, 2.75) is 39.8 Å². The highest BCUT2D eigenvalue weighted by molar-refractivity contribution is 6.32. The summed E-state index contributed by atoms with van der Waals surface area (Å²) in [6.45, 7) is 9.62. The molecule has 5 rings (SSSR count). The number of nitrogens with one attached hydrogen (secondary N) is 3. The van der Waals surface area contributed by atoms with Crippen molar-refractivity contribution in [1.82, 2.24) is 29.2 Å². The molecular formula is C28H31ClN8O. The molecule has 0 spiro atoms. The van der Waals surface area contributed by atoms with Crippen molar-refractivity contribution in [1.29, 1.82) is 0 Å². The third kappa shape index (κ3) is 5.20. The largest absolute Gasteiger partial charge is 0.381 e. The molecule has 0 saturated carbocycles. The van der Waals surface area contributed by atoms with Crippen molar-refractivity contribution in [3.8, 4) is 5.69 Å². The molecule has 0 fully saturated rings. The normalized spacial score (nSPS) is 12.5. The number of para-hydroxylation sites is 1. The molecule has 0 aliphatic rings. The Balaban J connectivity index is 1.42. The minimum atomic E-state index is -0.291. The fourth-order valence-corrected chi connectivity index (χ4v) is 4.48. The summed E-state index contributed by atoms with van der Waals surface area (Å²) >= 11 is 6.40. The van der Waals surface area contributed by atoms with Crippen LogP contribution >= 0.6 is 11.6 Å². The Morgan fingerprint density at radius 3 is 2.42 bits per heavy atom. The van der Waals surface area contributed by atoms with Crippen LogP contribution in [0.15, 0.2) is 71.9 Å². The topological polar surface area (TPSA) is 101 Å². The van der Waals surface area contributed by atoms with Crippen LogP contribution in [0.1, 0.15) is 27.7 Å². The molecule has 3 heterocycles. The van der Waals surface area contributed by atoms with Crippen molar-refractivity contribution < 1.29 is 0 Å². The zero-order valence-electron chi connectivity index (χ0n) is 21.8. The molecule has 1 unspecified atom stereocenters. The molecule has 0 aliphatic carbocycles. The van der Waals surface area contributed by atoms with Gasteiger partial charge in [-0.2, -0.15) is 4.98 Å². The first-order valence-electron chi connectivity index (χ1n) is 12.7. The van der Waals surface area contributed by atoms with Gasteiger partial charge in [-0.05, 0) is 42.3 Å². The summed E-state index contributed by atoms with van der Waals surface area (Å²) in [7, 11) is 0. The number of nitrogens with zero attached hydrogens (tertiary/aromatic N) is 5. The third-order valence-electron chi connectivity index (χ3n) is 6.39. The Morgan fingerprint density at radius 1 is 0.974 bits per heavy atom. The minimum absolute atomic E-state index is 0.291. The van der Waals surface area contributed by atoms with Crippen molar-refractivity contribution in [3.63, 3.8) is 0 Å². The van der Waals surface area contributed by atoms with Crippen molar-refractivity contribution in [3.05, 3.63) is 82.5 Å². The summed E-state index contributed by atoms with van der Waals surface area (Å²) in [5, 5.41) is 11.2. The molecule has 0 amide bonds. The Labute approximate surface area is 225 Å². The number of imidazole rings is 1. The summed E-state index contributed by atoms with van der Waals surface area (Å²) in [6.07, 6.45) is 4.93. The molecule has 9 nitrogen and oxygen atoms in total. The fraction of sp³-hybridized carbons (Fsp3) is 0.286. The van der Waals surface area contributed by atoms with E-state index in [0.717, 1.165) is 17.9 Å². The number of rotatable bonds is 9. The van der Waals surface area contributed by atoms with Gasteiger partial charge in [0, 0.05) is 48.6 Å². The molecule has 3 aromatic heterocycles. The number of fused-ring (bicyclic) bond motifs is 3. The van der Waals surface area contributed by atoms with Gasteiger partial charge < -0.3 is 16.0 Å². The summed E-state index contributed by atoms with van der Waals surface area (Å²) in [5.74, 6) is 1.28. The smallest absolute Gasteiger partial charge is 0.270 e. The van der Waals surface area contributed by atoms with Crippen LogP contribution in [0, 0.1) is 5.92 Å². The Morgan fingerprint density at radius 2 is 1.71 bits per heavy atom. The van der Waals surface area contributed by atoms with Crippen molar-refractivity contribution in [2.75, 3.05) is 17.2 Å². The lowest BCUT2D eigenvalue weighted by Crippen LogP contribution is -2.39. The highest BCUT2D eigenvalue weighted by atomic mass is 35.5. The van der Waals surface area contributed by atoms with Crippen LogP contribution in [0.3, 0.4) is 0 Å². The predicted molar refractivity (Wildman–Crippen MR) is 154 cm³/mol. The highest BCUT2D eigenvalue weighted by Gasteiger charge is 2.17. The van der Waals surface area contributed by atoms with E-state index in [-0.39, 0.29) is 5.56 Å².